The van der Waals surface area contributed by atoms with Gasteiger partial charge in [0, 0.05) is 19.1 Å². The third-order valence-electron chi connectivity index (χ3n) is 2.58. The van der Waals surface area contributed by atoms with Crippen molar-refractivity contribution in [2.75, 3.05) is 20.2 Å². The van der Waals surface area contributed by atoms with Gasteiger partial charge in [0.25, 0.3) is 0 Å². The zero-order valence-electron chi connectivity index (χ0n) is 9.35. The Balaban J connectivity index is 1.80. The Morgan fingerprint density at radius 2 is 2.53 bits per heavy atom. The number of ether oxygens (including phenoxy) is 1. The quantitative estimate of drug-likeness (QED) is 0.896. The van der Waals surface area contributed by atoms with Crippen LogP contribution in [0.25, 0.3) is 0 Å². The van der Waals surface area contributed by atoms with Crippen molar-refractivity contribution >= 4 is 29.0 Å². The Kier molecular flexibility index (Phi) is 4.14. The average Bonchev–Trinajstić information content (AvgIpc) is 2.89. The first kappa shape index (κ1) is 12.5. The number of hydrogen-bond acceptors (Lipinski definition) is 6. The van der Waals surface area contributed by atoms with Crippen molar-refractivity contribution in [2.24, 2.45) is 0 Å². The normalized spacial score (nSPS) is 20.5. The van der Waals surface area contributed by atoms with Gasteiger partial charge in [-0.05, 0) is 18.0 Å². The summed E-state index contributed by atoms with van der Waals surface area (Å²) >= 11 is 7.10. The van der Waals surface area contributed by atoms with Crippen LogP contribution in [0.1, 0.15) is 11.4 Å². The topological polar surface area (TPSA) is 67.3 Å². The molecule has 94 valence electrons. The minimum Gasteiger partial charge on any atom is -0.453 e. The molecule has 1 unspecified atom stereocenters. The molecule has 0 spiro atoms. The van der Waals surface area contributed by atoms with Crippen LogP contribution in [0, 0.1) is 0 Å². The average molecular weight is 277 g/mol. The van der Waals surface area contributed by atoms with Gasteiger partial charge >= 0.3 is 6.09 Å². The second-order valence-electron chi connectivity index (χ2n) is 3.81. The van der Waals surface area contributed by atoms with Crippen LogP contribution < -0.4 is 5.32 Å². The zero-order valence-corrected chi connectivity index (χ0v) is 10.9. The summed E-state index contributed by atoms with van der Waals surface area (Å²) in [6.07, 6.45) is 0.539. The number of likely N-dealkylation sites (tertiary alicyclic amines) is 1. The molecule has 2 rings (SSSR count). The number of alkyl carbamates (subject to hydrolysis) is 1. The van der Waals surface area contributed by atoms with Gasteiger partial charge in [-0.2, -0.15) is 0 Å². The molecule has 6 nitrogen and oxygen atoms in total. The highest BCUT2D eigenvalue weighted by molar-refractivity contribution is 7.15. The predicted molar refractivity (Wildman–Crippen MR) is 64.1 cm³/mol. The summed E-state index contributed by atoms with van der Waals surface area (Å²) in [6, 6.07) is 0.144. The van der Waals surface area contributed by atoms with Gasteiger partial charge in [-0.3, -0.25) is 4.90 Å². The van der Waals surface area contributed by atoms with Gasteiger partial charge in [-0.15, -0.1) is 10.2 Å². The molecule has 17 heavy (non-hydrogen) atoms. The van der Waals surface area contributed by atoms with Crippen LogP contribution in [0.4, 0.5) is 4.79 Å². The number of nitrogens with one attached hydrogen (secondary N) is 1. The molecule has 1 fully saturated rings. The molecule has 1 amide bonds. The molecular weight excluding hydrogens is 264 g/mol. The fourth-order valence-electron chi connectivity index (χ4n) is 1.81. The molecule has 0 bridgehead atoms. The lowest BCUT2D eigenvalue weighted by atomic mass is 10.3. The summed E-state index contributed by atoms with van der Waals surface area (Å²) in [7, 11) is 1.37. The second-order valence-corrected chi connectivity index (χ2v) is 5.45. The van der Waals surface area contributed by atoms with Crippen molar-refractivity contribution in [3.05, 3.63) is 9.47 Å². The number of nitrogens with zero attached hydrogens (tertiary/aromatic N) is 3. The van der Waals surface area contributed by atoms with E-state index in [2.05, 4.69) is 25.2 Å². The molecule has 0 aromatic carbocycles. The number of aromatic nitrogens is 2. The maximum absolute atomic E-state index is 11.0. The molecule has 1 aromatic rings. The first-order valence-corrected chi connectivity index (χ1v) is 6.41. The van der Waals surface area contributed by atoms with Crippen LogP contribution in [-0.2, 0) is 11.3 Å². The highest BCUT2D eigenvalue weighted by atomic mass is 35.5. The number of hydrogen-bond donors (Lipinski definition) is 1. The van der Waals surface area contributed by atoms with Gasteiger partial charge in [0.05, 0.1) is 13.7 Å². The van der Waals surface area contributed by atoms with Crippen molar-refractivity contribution in [2.45, 2.75) is 19.0 Å². The molecule has 1 N–H and O–H groups in total. The third kappa shape index (κ3) is 3.52. The lowest BCUT2D eigenvalue weighted by Gasteiger charge is -2.14. The molecule has 1 aliphatic heterocycles. The fourth-order valence-corrected chi connectivity index (χ4v) is 2.72. The minimum absolute atomic E-state index is 0.144. The SMILES string of the molecule is COC(=O)NC1CCN(Cc2nnc(Cl)s2)C1. The van der Waals surface area contributed by atoms with E-state index in [1.807, 2.05) is 0 Å². The molecule has 1 atom stereocenters. The van der Waals surface area contributed by atoms with E-state index in [-0.39, 0.29) is 12.1 Å². The highest BCUT2D eigenvalue weighted by Crippen LogP contribution is 2.19. The van der Waals surface area contributed by atoms with E-state index >= 15 is 0 Å². The van der Waals surface area contributed by atoms with E-state index in [0.717, 1.165) is 31.1 Å². The summed E-state index contributed by atoms with van der Waals surface area (Å²) in [6.45, 7) is 2.45. The molecule has 2 heterocycles. The molecular formula is C9H13ClN4O2S. The summed E-state index contributed by atoms with van der Waals surface area (Å²) in [5.41, 5.74) is 0. The van der Waals surface area contributed by atoms with Gasteiger partial charge in [0.1, 0.15) is 5.01 Å². The first-order valence-electron chi connectivity index (χ1n) is 5.22. The third-order valence-corrected chi connectivity index (χ3v) is 3.58. The van der Waals surface area contributed by atoms with Crippen LogP contribution in [0.2, 0.25) is 4.47 Å². The summed E-state index contributed by atoms with van der Waals surface area (Å²) in [4.78, 5) is 13.3. The van der Waals surface area contributed by atoms with Crippen molar-refractivity contribution in [3.63, 3.8) is 0 Å². The van der Waals surface area contributed by atoms with E-state index in [0.29, 0.717) is 4.47 Å². The van der Waals surface area contributed by atoms with Crippen molar-refractivity contribution in [3.8, 4) is 0 Å². The van der Waals surface area contributed by atoms with Gasteiger partial charge < -0.3 is 10.1 Å². The smallest absolute Gasteiger partial charge is 0.407 e. The number of halogens is 1. The minimum atomic E-state index is -0.379. The van der Waals surface area contributed by atoms with Gasteiger partial charge in [0.15, 0.2) is 0 Å². The number of carbonyl (C=O) groups is 1. The lowest BCUT2D eigenvalue weighted by molar-refractivity contribution is 0.166. The van der Waals surface area contributed by atoms with Crippen LogP contribution >= 0.6 is 22.9 Å². The predicted octanol–water partition coefficient (Wildman–Crippen LogP) is 1.12. The zero-order chi connectivity index (χ0) is 12.3. The second kappa shape index (κ2) is 5.61. The standard InChI is InChI=1S/C9H13ClN4O2S/c1-16-9(15)11-6-2-3-14(4-6)5-7-12-13-8(10)17-7/h6H,2-5H2,1H3,(H,11,15). The number of methoxy groups -OCH3 is 1. The van der Waals surface area contributed by atoms with Gasteiger partial charge in [-0.25, -0.2) is 4.79 Å². The number of rotatable bonds is 3. The van der Waals surface area contributed by atoms with Gasteiger partial charge in [-0.1, -0.05) is 11.3 Å². The molecule has 8 heteroatoms. The molecule has 0 aliphatic carbocycles. The van der Waals surface area contributed by atoms with Crippen LogP contribution in [0.15, 0.2) is 0 Å². The first-order chi connectivity index (χ1) is 8.17. The van der Waals surface area contributed by atoms with E-state index in [1.165, 1.54) is 18.4 Å². The molecule has 1 saturated heterocycles. The van der Waals surface area contributed by atoms with Crippen molar-refractivity contribution in [1.29, 1.82) is 0 Å². The maximum Gasteiger partial charge on any atom is 0.407 e. The van der Waals surface area contributed by atoms with Crippen molar-refractivity contribution < 1.29 is 9.53 Å². The summed E-state index contributed by atoms with van der Waals surface area (Å²) < 4.78 is 5.02. The molecule has 0 saturated carbocycles. The molecule has 1 aromatic heterocycles. The van der Waals surface area contributed by atoms with E-state index < -0.39 is 0 Å². The lowest BCUT2D eigenvalue weighted by Crippen LogP contribution is -2.36. The van der Waals surface area contributed by atoms with Crippen LogP contribution in [-0.4, -0.2) is 47.4 Å². The molecule has 1 aliphatic rings. The maximum atomic E-state index is 11.0. The number of carbonyl (C=O) groups excluding carboxylic acids is 1. The van der Waals surface area contributed by atoms with E-state index in [9.17, 15) is 4.79 Å². The fraction of sp³-hybridized carbons (Fsp3) is 0.667. The Morgan fingerprint density at radius 3 is 3.18 bits per heavy atom. The van der Waals surface area contributed by atoms with E-state index in [1.54, 1.807) is 0 Å². The van der Waals surface area contributed by atoms with E-state index in [4.69, 9.17) is 11.6 Å². The van der Waals surface area contributed by atoms with Crippen LogP contribution in [0.5, 0.6) is 0 Å². The Bertz CT molecular complexity index is 400. The highest BCUT2D eigenvalue weighted by Gasteiger charge is 2.24. The summed E-state index contributed by atoms with van der Waals surface area (Å²) in [5, 5.41) is 11.4. The Morgan fingerprint density at radius 1 is 1.71 bits per heavy atom. The van der Waals surface area contributed by atoms with Crippen LogP contribution in [0.3, 0.4) is 0 Å². The van der Waals surface area contributed by atoms with Gasteiger partial charge in [0.2, 0.25) is 4.47 Å². The Hall–Kier alpha value is -0.920. The summed E-state index contributed by atoms with van der Waals surface area (Å²) in [5.74, 6) is 0. The van der Waals surface area contributed by atoms with Crippen molar-refractivity contribution in [1.82, 2.24) is 20.4 Å². The molecule has 0 radical (unpaired) electrons. The number of amides is 1. The monoisotopic (exact) mass is 276 g/mol. The Labute approximate surface area is 108 Å². The largest absolute Gasteiger partial charge is 0.453 e.